The van der Waals surface area contributed by atoms with Crippen LogP contribution < -0.4 is 4.90 Å². The third kappa shape index (κ3) is 5.80. The number of fused-ring (bicyclic) bond motifs is 11. The molecule has 0 bridgehead atoms. The number of anilines is 3. The number of benzene rings is 11. The van der Waals surface area contributed by atoms with Gasteiger partial charge in [-0.1, -0.05) is 185 Å². The van der Waals surface area contributed by atoms with Crippen molar-refractivity contribution in [1.82, 2.24) is 4.57 Å². The fourth-order valence-corrected chi connectivity index (χ4v) is 12.6. The highest BCUT2D eigenvalue weighted by Crippen LogP contribution is 2.54. The average molecular weight is 895 g/mol. The normalized spacial score (nSPS) is 13.9. The summed E-state index contributed by atoms with van der Waals surface area (Å²) in [7, 11) is 0. The molecule has 0 N–H and O–H groups in total. The zero-order valence-electron chi connectivity index (χ0n) is 39.8. The molecule has 0 saturated carbocycles. The maximum atomic E-state index is 2.50. The summed E-state index contributed by atoms with van der Waals surface area (Å²) >= 11 is 0. The van der Waals surface area contributed by atoms with E-state index in [1.54, 1.807) is 0 Å². The van der Waals surface area contributed by atoms with Gasteiger partial charge in [-0.05, 0) is 161 Å². The standard InChI is InChI=1S/C68H50N2/c1-67(2)59-28-16-13-23-49(59)51-35-31-43(39-61(51)67)65-54-26-11-12-27-55(54)66(44-32-36-52-50-24-14-17-29-60(50)68(3,4)62(52)40-44)58-42-47(33-37-56(58)65)69(45-19-7-5-8-20-45)48-34-38-64-57(41-48)53-25-15-18-30-63(53)70(64)46-21-9-6-10-22-46/h5-42H,1-4H3. The van der Waals surface area contributed by atoms with E-state index in [-0.39, 0.29) is 10.8 Å². The van der Waals surface area contributed by atoms with Crippen molar-refractivity contribution in [3.8, 4) is 50.2 Å². The van der Waals surface area contributed by atoms with Crippen LogP contribution in [0.15, 0.2) is 231 Å². The summed E-state index contributed by atoms with van der Waals surface area (Å²) in [5.41, 5.74) is 22.5. The molecular formula is C68H50N2. The van der Waals surface area contributed by atoms with Crippen LogP contribution in [0.5, 0.6) is 0 Å². The molecule has 0 amide bonds. The Morgan fingerprint density at radius 1 is 0.300 bits per heavy atom. The molecule has 11 aromatic carbocycles. The summed E-state index contributed by atoms with van der Waals surface area (Å²) in [6, 6.07) is 86.2. The maximum absolute atomic E-state index is 2.50. The number of para-hydroxylation sites is 3. The van der Waals surface area contributed by atoms with Crippen molar-refractivity contribution in [2.75, 3.05) is 4.90 Å². The molecule has 0 fully saturated rings. The van der Waals surface area contributed by atoms with Crippen LogP contribution in [0.4, 0.5) is 17.1 Å². The van der Waals surface area contributed by atoms with Crippen molar-refractivity contribution in [3.63, 3.8) is 0 Å². The fraction of sp³-hybridized carbons (Fsp3) is 0.0882. The van der Waals surface area contributed by atoms with Crippen LogP contribution in [0.2, 0.25) is 0 Å². The molecule has 0 radical (unpaired) electrons. The van der Waals surface area contributed by atoms with Crippen molar-refractivity contribution in [1.29, 1.82) is 0 Å². The van der Waals surface area contributed by atoms with E-state index < -0.39 is 0 Å². The second-order valence-corrected chi connectivity index (χ2v) is 20.4. The van der Waals surface area contributed by atoms with E-state index in [1.807, 2.05) is 0 Å². The smallest absolute Gasteiger partial charge is 0.0542 e. The average Bonchev–Trinajstić information content (AvgIpc) is 3.94. The predicted octanol–water partition coefficient (Wildman–Crippen LogP) is 18.5. The molecule has 70 heavy (non-hydrogen) atoms. The molecule has 2 aliphatic rings. The van der Waals surface area contributed by atoms with E-state index in [4.69, 9.17) is 0 Å². The molecule has 0 saturated heterocycles. The van der Waals surface area contributed by atoms with Gasteiger partial charge in [-0.25, -0.2) is 0 Å². The molecule has 0 spiro atoms. The van der Waals surface area contributed by atoms with Crippen LogP contribution in [-0.2, 0) is 10.8 Å². The lowest BCUT2D eigenvalue weighted by Crippen LogP contribution is -2.15. The van der Waals surface area contributed by atoms with Crippen molar-refractivity contribution < 1.29 is 0 Å². The Hall–Kier alpha value is -8.46. The van der Waals surface area contributed by atoms with Crippen molar-refractivity contribution in [2.45, 2.75) is 38.5 Å². The summed E-state index contributed by atoms with van der Waals surface area (Å²) in [6.07, 6.45) is 0. The SMILES string of the molecule is CC1(C)c2ccccc2-c2ccc(-c3c4ccccc4c(-c4ccc5c(c4)C(C)(C)c4ccccc4-5)c4cc(N(c5ccccc5)c5ccc6c(c5)c5ccccc5n6-c5ccccc5)ccc34)cc21. The van der Waals surface area contributed by atoms with Gasteiger partial charge in [0.05, 0.1) is 11.0 Å². The second-order valence-electron chi connectivity index (χ2n) is 20.4. The molecule has 2 heteroatoms. The molecule has 2 aliphatic carbocycles. The van der Waals surface area contributed by atoms with Crippen molar-refractivity contribution in [2.24, 2.45) is 0 Å². The summed E-state index contributed by atoms with van der Waals surface area (Å²) in [5.74, 6) is 0. The molecule has 14 rings (SSSR count). The Bertz CT molecular complexity index is 4110. The molecule has 2 nitrogen and oxygen atoms in total. The van der Waals surface area contributed by atoms with E-state index in [0.29, 0.717) is 0 Å². The van der Waals surface area contributed by atoms with Gasteiger partial charge in [0, 0.05) is 44.4 Å². The highest BCUT2D eigenvalue weighted by Gasteiger charge is 2.37. The minimum atomic E-state index is -0.139. The molecule has 12 aromatic rings. The van der Waals surface area contributed by atoms with Gasteiger partial charge in [0.15, 0.2) is 0 Å². The largest absolute Gasteiger partial charge is 0.310 e. The molecule has 332 valence electrons. The van der Waals surface area contributed by atoms with Crippen LogP contribution >= 0.6 is 0 Å². The molecule has 1 heterocycles. The Kier molecular flexibility index (Phi) is 8.71. The Balaban J connectivity index is 1.04. The van der Waals surface area contributed by atoms with E-state index in [0.717, 1.165) is 22.7 Å². The van der Waals surface area contributed by atoms with Gasteiger partial charge in [-0.15, -0.1) is 0 Å². The second kappa shape index (κ2) is 15.0. The van der Waals surface area contributed by atoms with E-state index in [2.05, 4.69) is 268 Å². The minimum absolute atomic E-state index is 0.125. The number of hydrogen-bond acceptors (Lipinski definition) is 1. The van der Waals surface area contributed by atoms with Gasteiger partial charge >= 0.3 is 0 Å². The molecule has 0 unspecified atom stereocenters. The predicted molar refractivity (Wildman–Crippen MR) is 296 cm³/mol. The Labute approximate surface area is 409 Å². The minimum Gasteiger partial charge on any atom is -0.310 e. The summed E-state index contributed by atoms with van der Waals surface area (Å²) in [6.45, 7) is 9.54. The third-order valence-corrected chi connectivity index (χ3v) is 16.0. The first-order chi connectivity index (χ1) is 34.3. The quantitative estimate of drug-likeness (QED) is 0.151. The third-order valence-electron chi connectivity index (χ3n) is 16.0. The fourth-order valence-electron chi connectivity index (χ4n) is 12.6. The first-order valence-corrected chi connectivity index (χ1v) is 24.7. The van der Waals surface area contributed by atoms with Crippen molar-refractivity contribution >= 4 is 60.4 Å². The van der Waals surface area contributed by atoms with Crippen LogP contribution in [-0.4, -0.2) is 4.57 Å². The van der Waals surface area contributed by atoms with Gasteiger partial charge in [0.1, 0.15) is 0 Å². The van der Waals surface area contributed by atoms with E-state index in [1.165, 1.54) is 110 Å². The molecule has 0 aliphatic heterocycles. The van der Waals surface area contributed by atoms with Gasteiger partial charge in [0.25, 0.3) is 0 Å². The van der Waals surface area contributed by atoms with Crippen LogP contribution in [0, 0.1) is 0 Å². The Morgan fingerprint density at radius 3 is 1.36 bits per heavy atom. The lowest BCUT2D eigenvalue weighted by molar-refractivity contribution is 0.660. The van der Waals surface area contributed by atoms with Crippen LogP contribution in [0.25, 0.3) is 93.5 Å². The number of nitrogens with zero attached hydrogens (tertiary/aromatic N) is 2. The topological polar surface area (TPSA) is 8.17 Å². The monoisotopic (exact) mass is 894 g/mol. The van der Waals surface area contributed by atoms with Crippen LogP contribution in [0.3, 0.4) is 0 Å². The zero-order chi connectivity index (χ0) is 46.9. The summed E-state index contributed by atoms with van der Waals surface area (Å²) < 4.78 is 2.39. The molecule has 1 aromatic heterocycles. The highest BCUT2D eigenvalue weighted by molar-refractivity contribution is 6.22. The van der Waals surface area contributed by atoms with Gasteiger partial charge in [0.2, 0.25) is 0 Å². The van der Waals surface area contributed by atoms with Gasteiger partial charge < -0.3 is 9.47 Å². The molecule has 0 atom stereocenters. The first kappa shape index (κ1) is 40.6. The van der Waals surface area contributed by atoms with Gasteiger partial charge in [-0.3, -0.25) is 0 Å². The number of rotatable bonds is 6. The zero-order valence-corrected chi connectivity index (χ0v) is 39.8. The molecular weight excluding hydrogens is 845 g/mol. The lowest BCUT2D eigenvalue weighted by atomic mass is 9.79. The Morgan fingerprint density at radius 2 is 0.743 bits per heavy atom. The lowest BCUT2D eigenvalue weighted by Gasteiger charge is -2.27. The highest BCUT2D eigenvalue weighted by atomic mass is 15.1. The van der Waals surface area contributed by atoms with E-state index >= 15 is 0 Å². The first-order valence-electron chi connectivity index (χ1n) is 24.7. The van der Waals surface area contributed by atoms with E-state index in [9.17, 15) is 0 Å². The maximum Gasteiger partial charge on any atom is 0.0542 e. The van der Waals surface area contributed by atoms with Gasteiger partial charge in [-0.2, -0.15) is 0 Å². The van der Waals surface area contributed by atoms with Crippen LogP contribution in [0.1, 0.15) is 49.9 Å². The van der Waals surface area contributed by atoms with Crippen molar-refractivity contribution in [3.05, 3.63) is 253 Å². The summed E-state index contributed by atoms with van der Waals surface area (Å²) in [5, 5.41) is 7.42. The number of aromatic nitrogens is 1. The summed E-state index contributed by atoms with van der Waals surface area (Å²) in [4.78, 5) is 2.45. The number of hydrogen-bond donors (Lipinski definition) is 0.